The number of ether oxygens (including phenoxy) is 2. The standard InChI is InChI=1S/C23H21BrN2O4S3/c1-13(2)19(22(28)30-12-14-8-10-15(29-3)11-9-14)26-20(27)18(24)21(26)32-33-23-25-16-6-4-5-7-17(16)31-23/h4-11,18,21H,12H2,1-3H3. The van der Waals surface area contributed by atoms with Gasteiger partial charge >= 0.3 is 5.97 Å². The van der Waals surface area contributed by atoms with Gasteiger partial charge in [0.1, 0.15) is 28.3 Å². The van der Waals surface area contributed by atoms with Crippen LogP contribution in [-0.2, 0) is 20.9 Å². The number of benzene rings is 2. The summed E-state index contributed by atoms with van der Waals surface area (Å²) >= 11 is 5.07. The zero-order chi connectivity index (χ0) is 23.5. The van der Waals surface area contributed by atoms with Gasteiger partial charge in [0.05, 0.1) is 17.3 Å². The molecule has 172 valence electrons. The summed E-state index contributed by atoms with van der Waals surface area (Å²) in [4.78, 5) is 31.4. The highest BCUT2D eigenvalue weighted by molar-refractivity contribution is 9.10. The van der Waals surface area contributed by atoms with Gasteiger partial charge in [-0.2, -0.15) is 0 Å². The number of methoxy groups -OCH3 is 1. The number of amides is 1. The summed E-state index contributed by atoms with van der Waals surface area (Å²) in [6.07, 6.45) is 0. The Morgan fingerprint density at radius 3 is 2.58 bits per heavy atom. The zero-order valence-electron chi connectivity index (χ0n) is 18.1. The van der Waals surface area contributed by atoms with Gasteiger partial charge in [-0.05, 0) is 60.0 Å². The normalized spacial score (nSPS) is 17.6. The van der Waals surface area contributed by atoms with Crippen molar-refractivity contribution in [3.8, 4) is 5.75 Å². The van der Waals surface area contributed by atoms with Crippen molar-refractivity contribution in [2.45, 2.75) is 35.0 Å². The molecule has 1 saturated heterocycles. The number of alkyl halides is 1. The van der Waals surface area contributed by atoms with Crippen molar-refractivity contribution < 1.29 is 19.1 Å². The van der Waals surface area contributed by atoms with Gasteiger partial charge in [0, 0.05) is 0 Å². The van der Waals surface area contributed by atoms with Crippen molar-refractivity contribution in [2.24, 2.45) is 0 Å². The summed E-state index contributed by atoms with van der Waals surface area (Å²) in [6, 6.07) is 15.3. The fourth-order valence-electron chi connectivity index (χ4n) is 3.22. The van der Waals surface area contributed by atoms with E-state index in [2.05, 4.69) is 20.9 Å². The molecule has 2 atom stereocenters. The maximum atomic E-state index is 13.0. The van der Waals surface area contributed by atoms with E-state index in [-0.39, 0.29) is 28.4 Å². The first-order valence-corrected chi connectivity index (χ1v) is 14.0. The van der Waals surface area contributed by atoms with Crippen LogP contribution in [0.25, 0.3) is 10.2 Å². The number of hydrogen-bond donors (Lipinski definition) is 0. The molecule has 0 bridgehead atoms. The summed E-state index contributed by atoms with van der Waals surface area (Å²) in [5, 5.41) is -0.257. The number of thiazole rings is 1. The minimum atomic E-state index is -0.519. The Kier molecular flexibility index (Phi) is 7.68. The van der Waals surface area contributed by atoms with E-state index in [9.17, 15) is 9.59 Å². The van der Waals surface area contributed by atoms with Gasteiger partial charge in [0.25, 0.3) is 0 Å². The molecule has 1 aliphatic rings. The average molecular weight is 566 g/mol. The molecular formula is C23H21BrN2O4S3. The van der Waals surface area contributed by atoms with Gasteiger partial charge in [0.2, 0.25) is 5.91 Å². The lowest BCUT2D eigenvalue weighted by atomic mass is 10.1. The molecule has 4 rings (SSSR count). The molecule has 2 heterocycles. The third-order valence-electron chi connectivity index (χ3n) is 4.91. The molecule has 10 heteroatoms. The van der Waals surface area contributed by atoms with E-state index in [1.807, 2.05) is 48.5 Å². The van der Waals surface area contributed by atoms with Crippen LogP contribution in [0.15, 0.2) is 64.1 Å². The third kappa shape index (κ3) is 5.24. The number of rotatable bonds is 8. The Balaban J connectivity index is 1.44. The minimum Gasteiger partial charge on any atom is -0.497 e. The number of nitrogens with zero attached hydrogens (tertiary/aromatic N) is 2. The summed E-state index contributed by atoms with van der Waals surface area (Å²) in [5.41, 5.74) is 2.79. The van der Waals surface area contributed by atoms with Crippen LogP contribution in [0.2, 0.25) is 0 Å². The van der Waals surface area contributed by atoms with Crippen molar-refractivity contribution in [1.29, 1.82) is 0 Å². The molecule has 6 nitrogen and oxygen atoms in total. The summed E-state index contributed by atoms with van der Waals surface area (Å²) < 4.78 is 12.7. The fraction of sp³-hybridized carbons (Fsp3) is 0.261. The fourth-order valence-corrected chi connectivity index (χ4v) is 8.26. The molecule has 2 aromatic carbocycles. The second-order valence-electron chi connectivity index (χ2n) is 7.40. The number of allylic oxidation sites excluding steroid dienone is 1. The number of β-lactam (4-membered cyclic amide) rings is 1. The van der Waals surface area contributed by atoms with Gasteiger partial charge in [-0.25, -0.2) is 9.78 Å². The lowest BCUT2D eigenvalue weighted by Gasteiger charge is -2.44. The van der Waals surface area contributed by atoms with Crippen LogP contribution < -0.4 is 4.74 Å². The monoisotopic (exact) mass is 564 g/mol. The molecule has 3 aromatic rings. The second-order valence-corrected chi connectivity index (χ2v) is 12.0. The Hall–Kier alpha value is -2.01. The first kappa shape index (κ1) is 24.1. The number of hydrogen-bond acceptors (Lipinski definition) is 8. The quantitative estimate of drug-likeness (QED) is 0.109. The highest BCUT2D eigenvalue weighted by Crippen LogP contribution is 2.47. The number of carbonyl (C=O) groups excluding carboxylic acids is 2. The van der Waals surface area contributed by atoms with Crippen LogP contribution in [0.1, 0.15) is 19.4 Å². The molecular weight excluding hydrogens is 544 g/mol. The van der Waals surface area contributed by atoms with Gasteiger partial charge < -0.3 is 9.47 Å². The molecule has 1 fully saturated rings. The van der Waals surface area contributed by atoms with E-state index in [4.69, 9.17) is 9.47 Å². The minimum absolute atomic E-state index is 0.109. The molecule has 1 amide bonds. The van der Waals surface area contributed by atoms with Gasteiger partial charge in [0.15, 0.2) is 4.34 Å². The molecule has 1 aromatic heterocycles. The van der Waals surface area contributed by atoms with E-state index < -0.39 is 5.97 Å². The maximum Gasteiger partial charge on any atom is 0.355 e. The summed E-state index contributed by atoms with van der Waals surface area (Å²) in [7, 11) is 4.61. The number of fused-ring (bicyclic) bond motifs is 1. The highest BCUT2D eigenvalue weighted by atomic mass is 79.9. The van der Waals surface area contributed by atoms with Gasteiger partial charge in [-0.15, -0.1) is 11.3 Å². The van der Waals surface area contributed by atoms with E-state index in [0.29, 0.717) is 0 Å². The zero-order valence-corrected chi connectivity index (χ0v) is 22.1. The van der Waals surface area contributed by atoms with E-state index in [1.165, 1.54) is 26.5 Å². The lowest BCUT2D eigenvalue weighted by Crippen LogP contribution is -2.60. The van der Waals surface area contributed by atoms with Crippen molar-refractivity contribution in [3.63, 3.8) is 0 Å². The van der Waals surface area contributed by atoms with Gasteiger partial charge in [-0.1, -0.05) is 51.0 Å². The van der Waals surface area contributed by atoms with Crippen LogP contribution in [-0.4, -0.2) is 39.1 Å². The summed E-state index contributed by atoms with van der Waals surface area (Å²) in [6.45, 7) is 3.72. The van der Waals surface area contributed by atoms with E-state index in [0.717, 1.165) is 31.4 Å². The topological polar surface area (TPSA) is 68.7 Å². The van der Waals surface area contributed by atoms with Crippen LogP contribution in [0, 0.1) is 0 Å². The predicted molar refractivity (Wildman–Crippen MR) is 138 cm³/mol. The second kappa shape index (κ2) is 10.5. The average Bonchev–Trinajstić information content (AvgIpc) is 3.24. The Morgan fingerprint density at radius 2 is 1.91 bits per heavy atom. The van der Waals surface area contributed by atoms with Crippen molar-refractivity contribution in [2.75, 3.05) is 7.11 Å². The molecule has 33 heavy (non-hydrogen) atoms. The van der Waals surface area contributed by atoms with Crippen LogP contribution in [0.5, 0.6) is 5.75 Å². The lowest BCUT2D eigenvalue weighted by molar-refractivity contribution is -0.149. The summed E-state index contributed by atoms with van der Waals surface area (Å²) in [5.74, 6) is 0.0549. The smallest absolute Gasteiger partial charge is 0.355 e. The van der Waals surface area contributed by atoms with Crippen molar-refractivity contribution in [3.05, 3.63) is 65.4 Å². The van der Waals surface area contributed by atoms with Crippen LogP contribution in [0.3, 0.4) is 0 Å². The Labute approximate surface area is 212 Å². The molecule has 0 radical (unpaired) electrons. The molecule has 0 spiro atoms. The van der Waals surface area contributed by atoms with Crippen LogP contribution in [0.4, 0.5) is 0 Å². The number of aromatic nitrogens is 1. The SMILES string of the molecule is COc1ccc(COC(=O)C(=C(C)C)N2C(=O)C(Br)C2SSc2nc3ccccc3s2)cc1. The first-order chi connectivity index (χ1) is 15.9. The van der Waals surface area contributed by atoms with Crippen LogP contribution >= 0.6 is 48.9 Å². The highest BCUT2D eigenvalue weighted by Gasteiger charge is 2.50. The molecule has 2 unspecified atom stereocenters. The Morgan fingerprint density at radius 1 is 1.18 bits per heavy atom. The predicted octanol–water partition coefficient (Wildman–Crippen LogP) is 6.01. The number of esters is 1. The third-order valence-corrected chi connectivity index (χ3v) is 10.2. The first-order valence-electron chi connectivity index (χ1n) is 10.0. The number of carbonyl (C=O) groups is 2. The largest absolute Gasteiger partial charge is 0.497 e. The number of likely N-dealkylation sites (tertiary alicyclic amines) is 1. The van der Waals surface area contributed by atoms with Crippen molar-refractivity contribution in [1.82, 2.24) is 9.88 Å². The molecule has 0 aliphatic carbocycles. The molecule has 0 N–H and O–H groups in total. The maximum absolute atomic E-state index is 13.0. The number of para-hydroxylation sites is 1. The van der Waals surface area contributed by atoms with Gasteiger partial charge in [-0.3, -0.25) is 9.69 Å². The van der Waals surface area contributed by atoms with E-state index >= 15 is 0 Å². The van der Waals surface area contributed by atoms with E-state index in [1.54, 1.807) is 32.3 Å². The Bertz CT molecular complexity index is 1170. The molecule has 0 saturated carbocycles. The van der Waals surface area contributed by atoms with Crippen molar-refractivity contribution >= 4 is 70.9 Å². The molecule has 1 aliphatic heterocycles. The number of halogens is 1.